The number of ether oxygens (including phenoxy) is 1. The third-order valence-corrected chi connectivity index (χ3v) is 1.05. The minimum Gasteiger partial charge on any atom is -0.461 e. The summed E-state index contributed by atoms with van der Waals surface area (Å²) in [6.07, 6.45) is 9.33. The van der Waals surface area contributed by atoms with Crippen molar-refractivity contribution < 1.29 is 9.53 Å². The third kappa shape index (κ3) is 6.66. The van der Waals surface area contributed by atoms with E-state index in [-0.39, 0.29) is 5.97 Å². The molecule has 0 atom stereocenters. The summed E-state index contributed by atoms with van der Waals surface area (Å²) in [5.41, 5.74) is 0. The van der Waals surface area contributed by atoms with Gasteiger partial charge in [-0.3, -0.25) is 4.79 Å². The van der Waals surface area contributed by atoms with Crippen molar-refractivity contribution in [3.8, 4) is 12.3 Å². The zero-order valence-electron chi connectivity index (χ0n) is 6.67. The number of allylic oxidation sites excluding steroid dienone is 1. The van der Waals surface area contributed by atoms with E-state index in [0.29, 0.717) is 19.4 Å². The van der Waals surface area contributed by atoms with Gasteiger partial charge in [0.2, 0.25) is 0 Å². The van der Waals surface area contributed by atoms with E-state index >= 15 is 0 Å². The predicted molar refractivity (Wildman–Crippen MR) is 43.8 cm³/mol. The first-order valence-corrected chi connectivity index (χ1v) is 3.51. The van der Waals surface area contributed by atoms with Crippen molar-refractivity contribution in [2.24, 2.45) is 0 Å². The molecule has 0 fully saturated rings. The maximum absolute atomic E-state index is 10.7. The van der Waals surface area contributed by atoms with Crippen LogP contribution in [-0.2, 0) is 9.53 Å². The molecule has 0 rings (SSSR count). The Bertz CT molecular complexity index is 174. The highest BCUT2D eigenvalue weighted by Crippen LogP contribution is 1.90. The van der Waals surface area contributed by atoms with Crippen LogP contribution in [0.5, 0.6) is 0 Å². The number of rotatable bonds is 4. The van der Waals surface area contributed by atoms with Gasteiger partial charge in [0, 0.05) is 6.42 Å². The molecule has 0 amide bonds. The zero-order valence-corrected chi connectivity index (χ0v) is 6.67. The molecule has 0 aromatic heterocycles. The summed E-state index contributed by atoms with van der Waals surface area (Å²) >= 11 is 0. The largest absolute Gasteiger partial charge is 0.461 e. The maximum atomic E-state index is 10.7. The molecule has 11 heavy (non-hydrogen) atoms. The molecule has 0 bridgehead atoms. The lowest BCUT2D eigenvalue weighted by Crippen LogP contribution is -2.03. The fraction of sp³-hybridized carbons (Fsp3) is 0.444. The lowest BCUT2D eigenvalue weighted by molar-refractivity contribution is -0.142. The molecule has 0 aromatic carbocycles. The molecule has 0 N–H and O–H groups in total. The maximum Gasteiger partial charge on any atom is 0.307 e. The van der Waals surface area contributed by atoms with E-state index < -0.39 is 0 Å². The van der Waals surface area contributed by atoms with Crippen molar-refractivity contribution in [3.05, 3.63) is 12.2 Å². The summed E-state index contributed by atoms with van der Waals surface area (Å²) in [5.74, 6) is 2.14. The van der Waals surface area contributed by atoms with Gasteiger partial charge >= 0.3 is 5.97 Å². The van der Waals surface area contributed by atoms with Gasteiger partial charge in [-0.2, -0.15) is 0 Å². The molecule has 60 valence electrons. The number of carbonyl (C=O) groups is 1. The van der Waals surface area contributed by atoms with E-state index in [9.17, 15) is 4.79 Å². The molecule has 0 aromatic rings. The molecular formula is C9H12O2. The van der Waals surface area contributed by atoms with Gasteiger partial charge in [0.1, 0.15) is 6.61 Å². The molecule has 0 spiro atoms. The summed E-state index contributed by atoms with van der Waals surface area (Å²) in [6.45, 7) is 2.22. The molecule has 2 heteroatoms. The molecule has 0 aliphatic heterocycles. The average Bonchev–Trinajstić information content (AvgIpc) is 2.01. The van der Waals surface area contributed by atoms with Crippen molar-refractivity contribution in [1.29, 1.82) is 0 Å². The summed E-state index contributed by atoms with van der Waals surface area (Å²) < 4.78 is 4.76. The highest BCUT2D eigenvalue weighted by atomic mass is 16.5. The van der Waals surface area contributed by atoms with Crippen LogP contribution in [0.1, 0.15) is 19.8 Å². The summed E-state index contributed by atoms with van der Waals surface area (Å²) in [6, 6.07) is 0. The molecule has 0 aliphatic rings. The van der Waals surface area contributed by atoms with Crippen molar-refractivity contribution in [1.82, 2.24) is 0 Å². The fourth-order valence-corrected chi connectivity index (χ4v) is 0.484. The zero-order chi connectivity index (χ0) is 8.53. The minimum absolute atomic E-state index is 0.235. The molecule has 0 radical (unpaired) electrons. The molecule has 0 saturated carbocycles. The van der Waals surface area contributed by atoms with E-state index in [2.05, 4.69) is 5.92 Å². The Labute approximate surface area is 67.2 Å². The number of terminal acetylenes is 1. The molecule has 0 aliphatic carbocycles. The van der Waals surface area contributed by atoms with Crippen LogP contribution in [0, 0.1) is 12.3 Å². The second kappa shape index (κ2) is 6.88. The van der Waals surface area contributed by atoms with Gasteiger partial charge in [-0.1, -0.05) is 12.2 Å². The second-order valence-electron chi connectivity index (χ2n) is 1.96. The number of esters is 1. The third-order valence-electron chi connectivity index (χ3n) is 1.05. The van der Waals surface area contributed by atoms with Crippen LogP contribution in [-0.4, -0.2) is 12.6 Å². The first-order chi connectivity index (χ1) is 5.31. The molecule has 0 unspecified atom stereocenters. The second-order valence-corrected chi connectivity index (χ2v) is 1.96. The average molecular weight is 152 g/mol. The summed E-state index contributed by atoms with van der Waals surface area (Å²) in [4.78, 5) is 10.7. The minimum atomic E-state index is -0.235. The van der Waals surface area contributed by atoms with Gasteiger partial charge in [-0.25, -0.2) is 0 Å². The lowest BCUT2D eigenvalue weighted by Gasteiger charge is -1.97. The molecule has 0 saturated heterocycles. The van der Waals surface area contributed by atoms with E-state index in [1.165, 1.54) is 0 Å². The van der Waals surface area contributed by atoms with Crippen molar-refractivity contribution in [2.75, 3.05) is 6.61 Å². The van der Waals surface area contributed by atoms with Crippen LogP contribution in [0.3, 0.4) is 0 Å². The molecule has 0 heterocycles. The van der Waals surface area contributed by atoms with Crippen molar-refractivity contribution in [3.63, 3.8) is 0 Å². The van der Waals surface area contributed by atoms with Crippen molar-refractivity contribution >= 4 is 5.97 Å². The van der Waals surface area contributed by atoms with Gasteiger partial charge in [0.05, 0.1) is 6.42 Å². The Morgan fingerprint density at radius 2 is 2.45 bits per heavy atom. The highest BCUT2D eigenvalue weighted by Gasteiger charge is 1.97. The molecular weight excluding hydrogens is 140 g/mol. The normalized spacial score (nSPS) is 9.45. The van der Waals surface area contributed by atoms with Crippen molar-refractivity contribution in [2.45, 2.75) is 19.8 Å². The lowest BCUT2D eigenvalue weighted by atomic mass is 10.3. The summed E-state index contributed by atoms with van der Waals surface area (Å²) in [7, 11) is 0. The van der Waals surface area contributed by atoms with Gasteiger partial charge in [-0.15, -0.1) is 12.3 Å². The Hall–Kier alpha value is -1.23. The van der Waals surface area contributed by atoms with Crippen LogP contribution in [0.4, 0.5) is 0 Å². The van der Waals surface area contributed by atoms with Crippen LogP contribution in [0.25, 0.3) is 0 Å². The van der Waals surface area contributed by atoms with E-state index in [1.807, 2.05) is 13.0 Å². The Morgan fingerprint density at radius 3 is 3.00 bits per heavy atom. The Balaban J connectivity index is 3.31. The Kier molecular flexibility index (Phi) is 6.11. The topological polar surface area (TPSA) is 26.3 Å². The fourth-order valence-electron chi connectivity index (χ4n) is 0.484. The van der Waals surface area contributed by atoms with Crippen LogP contribution >= 0.6 is 0 Å². The number of hydrogen-bond acceptors (Lipinski definition) is 2. The smallest absolute Gasteiger partial charge is 0.307 e. The monoisotopic (exact) mass is 152 g/mol. The van der Waals surface area contributed by atoms with Crippen LogP contribution < -0.4 is 0 Å². The van der Waals surface area contributed by atoms with E-state index in [4.69, 9.17) is 11.2 Å². The highest BCUT2D eigenvalue weighted by molar-refractivity contribution is 5.69. The first kappa shape index (κ1) is 9.77. The van der Waals surface area contributed by atoms with E-state index in [0.717, 1.165) is 0 Å². The Morgan fingerprint density at radius 1 is 1.73 bits per heavy atom. The number of carbonyl (C=O) groups excluding carboxylic acids is 1. The molecule has 2 nitrogen and oxygen atoms in total. The summed E-state index contributed by atoms with van der Waals surface area (Å²) in [5, 5.41) is 0. The van der Waals surface area contributed by atoms with Gasteiger partial charge in [0.15, 0.2) is 0 Å². The van der Waals surface area contributed by atoms with Gasteiger partial charge in [-0.05, 0) is 6.92 Å². The predicted octanol–water partition coefficient (Wildman–Crippen LogP) is 1.52. The standard InChI is InChI=1S/C9H12O2/c1-3-5-7-9(10)11-8-6-4-2/h1,4,6H,5,7-8H2,2H3/b6-4+. The van der Waals surface area contributed by atoms with E-state index in [1.54, 1.807) is 6.08 Å². The van der Waals surface area contributed by atoms with Gasteiger partial charge < -0.3 is 4.74 Å². The van der Waals surface area contributed by atoms with Gasteiger partial charge in [0.25, 0.3) is 0 Å². The quantitative estimate of drug-likeness (QED) is 0.347. The number of hydrogen-bond donors (Lipinski definition) is 0. The first-order valence-electron chi connectivity index (χ1n) is 3.51. The van der Waals surface area contributed by atoms with Crippen LogP contribution in [0.2, 0.25) is 0 Å². The SMILES string of the molecule is C#CCCC(=O)OC/C=C/C. The van der Waals surface area contributed by atoms with Crippen LogP contribution in [0.15, 0.2) is 12.2 Å².